The minimum absolute atomic E-state index is 0. The van der Waals surface area contributed by atoms with Crippen LogP contribution in [0.5, 0.6) is 0 Å². The fourth-order valence-corrected chi connectivity index (χ4v) is 3.29. The SMILES string of the molecule is CC(C)[C@H](N)C(=O)N1CCN(Cc2cccc3ccccc23)CC1.Cl. The molecule has 0 bridgehead atoms. The number of piperazine rings is 1. The van der Waals surface area contributed by atoms with E-state index >= 15 is 0 Å². The lowest BCUT2D eigenvalue weighted by Gasteiger charge is -2.36. The lowest BCUT2D eigenvalue weighted by atomic mass is 10.0. The normalized spacial score (nSPS) is 16.7. The van der Waals surface area contributed by atoms with E-state index in [9.17, 15) is 4.79 Å². The fraction of sp³-hybridized carbons (Fsp3) is 0.450. The first kappa shape index (κ1) is 19.7. The Bertz CT molecular complexity index is 706. The van der Waals surface area contributed by atoms with Gasteiger partial charge in [0.05, 0.1) is 6.04 Å². The second-order valence-electron chi connectivity index (χ2n) is 7.01. The van der Waals surface area contributed by atoms with Crippen molar-refractivity contribution in [2.24, 2.45) is 11.7 Å². The van der Waals surface area contributed by atoms with Crippen LogP contribution >= 0.6 is 12.4 Å². The molecule has 1 atom stereocenters. The van der Waals surface area contributed by atoms with E-state index in [0.29, 0.717) is 0 Å². The standard InChI is InChI=1S/C20H27N3O.ClH/c1-15(2)19(21)20(24)23-12-10-22(11-13-23)14-17-8-5-7-16-6-3-4-9-18(16)17;/h3-9,15,19H,10-14,21H2,1-2H3;1H/t19-;/m0./s1. The van der Waals surface area contributed by atoms with Crippen molar-refractivity contribution in [1.29, 1.82) is 0 Å². The number of hydrogen-bond donors (Lipinski definition) is 1. The minimum Gasteiger partial charge on any atom is -0.339 e. The summed E-state index contributed by atoms with van der Waals surface area (Å²) in [5, 5.41) is 2.60. The molecule has 0 aromatic heterocycles. The van der Waals surface area contributed by atoms with Crippen LogP contribution in [0, 0.1) is 5.92 Å². The smallest absolute Gasteiger partial charge is 0.239 e. The molecule has 0 radical (unpaired) electrons. The van der Waals surface area contributed by atoms with Crippen molar-refractivity contribution in [3.63, 3.8) is 0 Å². The maximum absolute atomic E-state index is 12.4. The van der Waals surface area contributed by atoms with Gasteiger partial charge in [-0.25, -0.2) is 0 Å². The van der Waals surface area contributed by atoms with Gasteiger partial charge in [-0.05, 0) is 22.3 Å². The number of carbonyl (C=O) groups excluding carboxylic acids is 1. The van der Waals surface area contributed by atoms with Crippen LogP contribution in [0.1, 0.15) is 19.4 Å². The predicted octanol–water partition coefficient (Wildman–Crippen LogP) is 2.89. The van der Waals surface area contributed by atoms with Crippen LogP contribution in [0.4, 0.5) is 0 Å². The van der Waals surface area contributed by atoms with E-state index in [4.69, 9.17) is 5.73 Å². The molecule has 0 aliphatic carbocycles. The number of carbonyl (C=O) groups is 1. The third-order valence-electron chi connectivity index (χ3n) is 4.96. The number of fused-ring (bicyclic) bond motifs is 1. The van der Waals surface area contributed by atoms with E-state index in [1.807, 2.05) is 18.7 Å². The van der Waals surface area contributed by atoms with E-state index in [1.165, 1.54) is 16.3 Å². The van der Waals surface area contributed by atoms with Gasteiger partial charge in [-0.3, -0.25) is 9.69 Å². The van der Waals surface area contributed by atoms with E-state index in [2.05, 4.69) is 47.4 Å². The molecule has 3 rings (SSSR count). The van der Waals surface area contributed by atoms with Gasteiger partial charge in [-0.1, -0.05) is 56.3 Å². The summed E-state index contributed by atoms with van der Waals surface area (Å²) in [7, 11) is 0. The van der Waals surface area contributed by atoms with E-state index < -0.39 is 0 Å². The van der Waals surface area contributed by atoms with Gasteiger partial charge in [0.15, 0.2) is 0 Å². The van der Waals surface area contributed by atoms with Crippen molar-refractivity contribution in [2.45, 2.75) is 26.4 Å². The Labute approximate surface area is 156 Å². The van der Waals surface area contributed by atoms with E-state index in [0.717, 1.165) is 32.7 Å². The molecule has 1 saturated heterocycles. The van der Waals surface area contributed by atoms with Gasteiger partial charge >= 0.3 is 0 Å². The zero-order chi connectivity index (χ0) is 17.1. The Morgan fingerprint density at radius 1 is 1.04 bits per heavy atom. The largest absolute Gasteiger partial charge is 0.339 e. The molecule has 0 saturated carbocycles. The van der Waals surface area contributed by atoms with Gasteiger partial charge in [0, 0.05) is 32.7 Å². The highest BCUT2D eigenvalue weighted by atomic mass is 35.5. The number of hydrogen-bond acceptors (Lipinski definition) is 3. The number of nitrogens with two attached hydrogens (primary N) is 1. The van der Waals surface area contributed by atoms with Gasteiger partial charge in [0.2, 0.25) is 5.91 Å². The fourth-order valence-electron chi connectivity index (χ4n) is 3.29. The Balaban J connectivity index is 0.00000225. The molecule has 136 valence electrons. The second kappa shape index (κ2) is 8.65. The van der Waals surface area contributed by atoms with Crippen molar-refractivity contribution < 1.29 is 4.79 Å². The summed E-state index contributed by atoms with van der Waals surface area (Å²) < 4.78 is 0. The Morgan fingerprint density at radius 3 is 2.36 bits per heavy atom. The number of rotatable bonds is 4. The van der Waals surface area contributed by atoms with Crippen LogP contribution in [0.3, 0.4) is 0 Å². The minimum atomic E-state index is -0.380. The molecule has 2 aromatic carbocycles. The molecular formula is C20H28ClN3O. The zero-order valence-corrected chi connectivity index (χ0v) is 15.8. The molecule has 2 aromatic rings. The average molecular weight is 362 g/mol. The molecular weight excluding hydrogens is 334 g/mol. The summed E-state index contributed by atoms with van der Waals surface area (Å²) in [6.07, 6.45) is 0. The van der Waals surface area contributed by atoms with Crippen LogP contribution in [-0.2, 0) is 11.3 Å². The summed E-state index contributed by atoms with van der Waals surface area (Å²) in [6.45, 7) is 8.27. The first-order valence-electron chi connectivity index (χ1n) is 8.79. The summed E-state index contributed by atoms with van der Waals surface area (Å²) in [6, 6.07) is 14.6. The van der Waals surface area contributed by atoms with Crippen LogP contribution < -0.4 is 5.73 Å². The Hall–Kier alpha value is -1.62. The van der Waals surface area contributed by atoms with Crippen LogP contribution in [0.2, 0.25) is 0 Å². The zero-order valence-electron chi connectivity index (χ0n) is 15.0. The summed E-state index contributed by atoms with van der Waals surface area (Å²) in [4.78, 5) is 16.7. The Morgan fingerprint density at radius 2 is 1.68 bits per heavy atom. The Kier molecular flexibility index (Phi) is 6.82. The van der Waals surface area contributed by atoms with Crippen LogP contribution in [0.25, 0.3) is 10.8 Å². The summed E-state index contributed by atoms with van der Waals surface area (Å²) in [5.74, 6) is 0.279. The molecule has 0 spiro atoms. The molecule has 1 fully saturated rings. The lowest BCUT2D eigenvalue weighted by Crippen LogP contribution is -2.54. The quantitative estimate of drug-likeness (QED) is 0.910. The first-order chi connectivity index (χ1) is 11.6. The number of halogens is 1. The number of benzene rings is 2. The predicted molar refractivity (Wildman–Crippen MR) is 106 cm³/mol. The van der Waals surface area contributed by atoms with Crippen LogP contribution in [-0.4, -0.2) is 47.9 Å². The second-order valence-corrected chi connectivity index (χ2v) is 7.01. The average Bonchev–Trinajstić information content (AvgIpc) is 2.61. The highest BCUT2D eigenvalue weighted by molar-refractivity contribution is 5.86. The highest BCUT2D eigenvalue weighted by Gasteiger charge is 2.26. The molecule has 1 amide bonds. The maximum atomic E-state index is 12.4. The molecule has 2 N–H and O–H groups in total. The van der Waals surface area contributed by atoms with E-state index in [1.54, 1.807) is 0 Å². The monoisotopic (exact) mass is 361 g/mol. The lowest BCUT2D eigenvalue weighted by molar-refractivity contribution is -0.135. The van der Waals surface area contributed by atoms with Gasteiger partial charge in [-0.15, -0.1) is 12.4 Å². The third kappa shape index (κ3) is 4.51. The van der Waals surface area contributed by atoms with Crippen molar-refractivity contribution in [1.82, 2.24) is 9.80 Å². The molecule has 25 heavy (non-hydrogen) atoms. The molecule has 0 unspecified atom stereocenters. The highest BCUT2D eigenvalue weighted by Crippen LogP contribution is 2.20. The third-order valence-corrected chi connectivity index (χ3v) is 4.96. The number of nitrogens with zero attached hydrogens (tertiary/aromatic N) is 2. The molecule has 1 aliphatic rings. The van der Waals surface area contributed by atoms with Crippen molar-refractivity contribution in [3.8, 4) is 0 Å². The first-order valence-corrected chi connectivity index (χ1v) is 8.79. The van der Waals surface area contributed by atoms with E-state index in [-0.39, 0.29) is 30.3 Å². The molecule has 1 aliphatic heterocycles. The summed E-state index contributed by atoms with van der Waals surface area (Å²) in [5.41, 5.74) is 7.36. The van der Waals surface area contributed by atoms with Gasteiger partial charge in [-0.2, -0.15) is 0 Å². The van der Waals surface area contributed by atoms with Gasteiger partial charge < -0.3 is 10.6 Å². The molecule has 5 heteroatoms. The van der Waals surface area contributed by atoms with Crippen molar-refractivity contribution in [3.05, 3.63) is 48.0 Å². The number of amides is 1. The molecule has 4 nitrogen and oxygen atoms in total. The summed E-state index contributed by atoms with van der Waals surface area (Å²) >= 11 is 0. The van der Waals surface area contributed by atoms with Crippen molar-refractivity contribution in [2.75, 3.05) is 26.2 Å². The maximum Gasteiger partial charge on any atom is 0.239 e. The van der Waals surface area contributed by atoms with Gasteiger partial charge in [0.1, 0.15) is 0 Å². The molecule has 1 heterocycles. The van der Waals surface area contributed by atoms with Gasteiger partial charge in [0.25, 0.3) is 0 Å². The van der Waals surface area contributed by atoms with Crippen molar-refractivity contribution >= 4 is 29.1 Å². The van der Waals surface area contributed by atoms with Crippen LogP contribution in [0.15, 0.2) is 42.5 Å². The topological polar surface area (TPSA) is 49.6 Å².